The first-order valence-electron chi connectivity index (χ1n) is 21.9. The number of carboxylic acid groups (broad SMARTS) is 1. The number of nitrogens with zero attached hydrogens (tertiary/aromatic N) is 1. The normalized spacial score (nSPS) is 35.2. The molecule has 1 aromatic carbocycles. The lowest BCUT2D eigenvalue weighted by Gasteiger charge is -2.72. The number of carbonyl (C=O) groups excluding carboxylic acids is 3. The van der Waals surface area contributed by atoms with Crippen molar-refractivity contribution in [3.8, 4) is 0 Å². The number of rotatable bonds is 13. The number of aliphatic hydroxyl groups excluding tert-OH is 1. The zero-order chi connectivity index (χ0) is 41.9. The fraction of sp³-hybridized carbons (Fsp3) is 0.750. The van der Waals surface area contributed by atoms with Gasteiger partial charge in [-0.1, -0.05) is 84.4 Å². The number of carboxylic acids is 1. The molecule has 4 saturated carbocycles. The predicted octanol–water partition coefficient (Wildman–Crippen LogP) is 8.38. The highest BCUT2D eigenvalue weighted by atomic mass is 16.5. The van der Waals surface area contributed by atoms with Gasteiger partial charge in [0.05, 0.1) is 17.9 Å². The van der Waals surface area contributed by atoms with E-state index in [1.54, 1.807) is 13.8 Å². The number of Topliss-reactive ketones (excluding diaryl/α,β-unsaturated/α-hetero) is 1. The van der Waals surface area contributed by atoms with E-state index in [-0.39, 0.29) is 57.7 Å². The largest absolute Gasteiger partial charge is 0.481 e. The second-order valence-corrected chi connectivity index (χ2v) is 21.3. The topological polar surface area (TPSA) is 133 Å². The Morgan fingerprint density at radius 1 is 0.930 bits per heavy atom. The Morgan fingerprint density at radius 2 is 1.61 bits per heavy atom. The van der Waals surface area contributed by atoms with Gasteiger partial charge in [-0.2, -0.15) is 0 Å². The lowest BCUT2D eigenvalue weighted by atomic mass is 9.33. The van der Waals surface area contributed by atoms with E-state index in [9.17, 15) is 29.4 Å². The second kappa shape index (κ2) is 15.5. The highest BCUT2D eigenvalue weighted by Gasteiger charge is 2.71. The summed E-state index contributed by atoms with van der Waals surface area (Å²) in [6, 6.07) is 10.3. The summed E-state index contributed by atoms with van der Waals surface area (Å²) in [4.78, 5) is 53.3. The van der Waals surface area contributed by atoms with Gasteiger partial charge in [0.1, 0.15) is 6.10 Å². The van der Waals surface area contributed by atoms with Crippen LogP contribution in [0.4, 0.5) is 0 Å². The van der Waals surface area contributed by atoms with Crippen LogP contribution in [0.25, 0.3) is 0 Å². The van der Waals surface area contributed by atoms with Crippen LogP contribution in [0.1, 0.15) is 139 Å². The quantitative estimate of drug-likeness (QED) is 0.170. The van der Waals surface area contributed by atoms with Crippen LogP contribution in [0.15, 0.2) is 41.5 Å². The van der Waals surface area contributed by atoms with Gasteiger partial charge in [-0.15, -0.1) is 0 Å². The molecule has 1 amide bonds. The molecule has 0 aliphatic heterocycles. The smallest absolute Gasteiger partial charge is 0.309 e. The van der Waals surface area contributed by atoms with Gasteiger partial charge in [0.15, 0.2) is 5.78 Å². The minimum atomic E-state index is -1.18. The average molecular weight is 789 g/mol. The van der Waals surface area contributed by atoms with Crippen LogP contribution >= 0.6 is 0 Å². The molecular weight excluding hydrogens is 717 g/mol. The van der Waals surface area contributed by atoms with Crippen molar-refractivity contribution in [2.75, 3.05) is 19.6 Å². The molecule has 0 radical (unpaired) electrons. The fourth-order valence-corrected chi connectivity index (χ4v) is 13.8. The van der Waals surface area contributed by atoms with Crippen LogP contribution in [-0.2, 0) is 30.5 Å². The van der Waals surface area contributed by atoms with Crippen molar-refractivity contribution in [2.24, 2.45) is 56.2 Å². The highest BCUT2D eigenvalue weighted by Crippen LogP contribution is 2.77. The van der Waals surface area contributed by atoms with Crippen molar-refractivity contribution < 1.29 is 34.1 Å². The number of benzene rings is 1. The third kappa shape index (κ3) is 7.44. The molecular formula is C48H72N2O7. The summed E-state index contributed by atoms with van der Waals surface area (Å²) in [6.45, 7) is 23.3. The molecule has 0 bridgehead atoms. The van der Waals surface area contributed by atoms with Gasteiger partial charge in [0.25, 0.3) is 0 Å². The SMILES string of the molecule is CC(=O)NCCN(Cc1ccccc1)C[C@H](O)[C@@]12CC[C@]3(C)[C@H](CC[C@@H]4[C@@]5(C)CC[C@H](OC(=O)CC(C)(C)C(=O)O)C(C)(C)[C@@H]5CC[C@]43C)C1=C(C(C)C)C(=O)C2. The zero-order valence-corrected chi connectivity index (χ0v) is 36.6. The first-order chi connectivity index (χ1) is 26.5. The monoisotopic (exact) mass is 789 g/mol. The number of ketones is 1. The van der Waals surface area contributed by atoms with Crippen LogP contribution in [0.2, 0.25) is 0 Å². The highest BCUT2D eigenvalue weighted by molar-refractivity contribution is 6.00. The number of fused-ring (bicyclic) bond motifs is 7. The molecule has 4 fully saturated rings. The molecule has 0 unspecified atom stereocenters. The van der Waals surface area contributed by atoms with Crippen LogP contribution in [0.5, 0.6) is 0 Å². The number of aliphatic carboxylic acids is 1. The number of carbonyl (C=O) groups is 4. The second-order valence-electron chi connectivity index (χ2n) is 21.3. The number of ether oxygens (including phenoxy) is 1. The summed E-state index contributed by atoms with van der Waals surface area (Å²) in [7, 11) is 0. The molecule has 9 heteroatoms. The van der Waals surface area contributed by atoms with Gasteiger partial charge in [-0.25, -0.2) is 0 Å². The van der Waals surface area contributed by atoms with Crippen molar-refractivity contribution >= 4 is 23.6 Å². The van der Waals surface area contributed by atoms with E-state index in [4.69, 9.17) is 4.74 Å². The number of hydrogen-bond acceptors (Lipinski definition) is 7. The minimum Gasteiger partial charge on any atom is -0.481 e. The predicted molar refractivity (Wildman–Crippen MR) is 222 cm³/mol. The summed E-state index contributed by atoms with van der Waals surface area (Å²) in [5.74, 6) is -0.209. The number of allylic oxidation sites excluding steroid dienone is 1. The minimum absolute atomic E-state index is 0.0157. The van der Waals surface area contributed by atoms with Crippen LogP contribution in [0, 0.1) is 56.2 Å². The van der Waals surface area contributed by atoms with E-state index in [0.29, 0.717) is 44.4 Å². The van der Waals surface area contributed by atoms with Crippen molar-refractivity contribution in [1.29, 1.82) is 0 Å². The Morgan fingerprint density at radius 3 is 2.25 bits per heavy atom. The average Bonchev–Trinajstić information content (AvgIpc) is 3.43. The Balaban J connectivity index is 1.28. The van der Waals surface area contributed by atoms with Gasteiger partial charge in [0, 0.05) is 50.4 Å². The maximum Gasteiger partial charge on any atom is 0.309 e. The van der Waals surface area contributed by atoms with E-state index in [1.165, 1.54) is 12.5 Å². The molecule has 316 valence electrons. The molecule has 57 heavy (non-hydrogen) atoms. The third-order valence-corrected chi connectivity index (χ3v) is 17.0. The summed E-state index contributed by atoms with van der Waals surface area (Å²) < 4.78 is 6.19. The maximum absolute atomic E-state index is 14.3. The molecule has 1 aromatic rings. The summed E-state index contributed by atoms with van der Waals surface area (Å²) in [5, 5.41) is 25.2. The molecule has 6 rings (SSSR count). The number of amides is 1. The number of nitrogens with one attached hydrogen (secondary N) is 1. The number of aliphatic hydroxyl groups is 1. The molecule has 9 atom stereocenters. The Labute approximate surface area is 342 Å². The lowest BCUT2D eigenvalue weighted by Crippen LogP contribution is -2.66. The van der Waals surface area contributed by atoms with Crippen molar-refractivity contribution in [2.45, 2.75) is 152 Å². The molecule has 5 aliphatic carbocycles. The van der Waals surface area contributed by atoms with Crippen LogP contribution in [-0.4, -0.2) is 70.6 Å². The molecule has 9 nitrogen and oxygen atoms in total. The van der Waals surface area contributed by atoms with Gasteiger partial charge < -0.3 is 20.3 Å². The standard InChI is InChI=1S/C48H72N2O7/c1-30(2)40-34(52)26-48(37(53)29-50(25-24-49-31(3)51)28-32-14-12-11-13-15-32)23-22-46(9)33(41(40)48)16-17-36-45(8)20-19-38(57-39(54)27-43(4,5)42(55)56)44(6,7)35(45)18-21-47(36,46)10/h11-15,30,33,35-38,53H,16-29H2,1-10H3,(H,49,51)(H,55,56)/t33-,35+,36-,37+,38+,45+,46-,47-,48+/m1/s1. The van der Waals surface area contributed by atoms with Gasteiger partial charge in [0.2, 0.25) is 5.91 Å². The molecule has 0 aromatic heterocycles. The van der Waals surface area contributed by atoms with E-state index in [1.807, 2.05) is 18.2 Å². The van der Waals surface area contributed by atoms with Crippen LogP contribution in [0.3, 0.4) is 0 Å². The third-order valence-electron chi connectivity index (χ3n) is 17.0. The van der Waals surface area contributed by atoms with Gasteiger partial charge in [-0.05, 0) is 116 Å². The first-order valence-corrected chi connectivity index (χ1v) is 21.9. The Kier molecular flexibility index (Phi) is 11.9. The lowest BCUT2D eigenvalue weighted by molar-refractivity contribution is -0.235. The molecule has 0 saturated heterocycles. The summed E-state index contributed by atoms with van der Waals surface area (Å²) >= 11 is 0. The van der Waals surface area contributed by atoms with E-state index in [0.717, 1.165) is 62.5 Å². The van der Waals surface area contributed by atoms with Gasteiger partial charge >= 0.3 is 11.9 Å². The summed E-state index contributed by atoms with van der Waals surface area (Å²) in [6.07, 6.45) is 6.83. The zero-order valence-electron chi connectivity index (χ0n) is 36.6. The summed E-state index contributed by atoms with van der Waals surface area (Å²) in [5.41, 5.74) is 1.32. The molecule has 0 spiro atoms. The van der Waals surface area contributed by atoms with Crippen molar-refractivity contribution in [3.63, 3.8) is 0 Å². The van der Waals surface area contributed by atoms with E-state index < -0.39 is 28.9 Å². The van der Waals surface area contributed by atoms with Crippen LogP contribution < -0.4 is 5.32 Å². The fourth-order valence-electron chi connectivity index (χ4n) is 13.8. The Hall–Kier alpha value is -3.04. The van der Waals surface area contributed by atoms with Crippen molar-refractivity contribution in [1.82, 2.24) is 10.2 Å². The number of esters is 1. The Bertz CT molecular complexity index is 1750. The molecule has 5 aliphatic rings. The first kappa shape index (κ1) is 43.5. The molecule has 3 N–H and O–H groups in total. The van der Waals surface area contributed by atoms with E-state index in [2.05, 4.69) is 70.8 Å². The molecule has 0 heterocycles. The van der Waals surface area contributed by atoms with Gasteiger partial charge in [-0.3, -0.25) is 24.1 Å². The maximum atomic E-state index is 14.3. The van der Waals surface area contributed by atoms with Crippen molar-refractivity contribution in [3.05, 3.63) is 47.0 Å². The number of hydrogen-bond donors (Lipinski definition) is 3. The van der Waals surface area contributed by atoms with E-state index >= 15 is 0 Å².